The maximum absolute atomic E-state index is 11.7. The third-order valence-electron chi connectivity index (χ3n) is 5.56. The van der Waals surface area contributed by atoms with Gasteiger partial charge in [0.1, 0.15) is 5.01 Å². The molecule has 1 aromatic rings. The van der Waals surface area contributed by atoms with Gasteiger partial charge in [0.2, 0.25) is 11.0 Å². The Balaban J connectivity index is 0.00000144. The smallest absolute Gasteiger partial charge is 0.242 e. The van der Waals surface area contributed by atoms with Crippen molar-refractivity contribution in [2.45, 2.75) is 56.9 Å². The number of nitrogens with one attached hydrogen (secondary N) is 1. The molecule has 0 radical (unpaired) electrons. The van der Waals surface area contributed by atoms with Crippen molar-refractivity contribution in [1.29, 1.82) is 0 Å². The summed E-state index contributed by atoms with van der Waals surface area (Å²) in [6.07, 6.45) is 8.09. The number of aromatic nitrogens is 2. The zero-order chi connectivity index (χ0) is 14.6. The largest absolute Gasteiger partial charge is 0.320 e. The molecule has 3 N–H and O–H groups in total. The van der Waals surface area contributed by atoms with E-state index in [1.807, 2.05) is 0 Å². The van der Waals surface area contributed by atoms with E-state index in [2.05, 4.69) is 15.5 Å². The first-order chi connectivity index (χ1) is 10.0. The minimum absolute atomic E-state index is 0. The molecule has 1 amide bonds. The first-order valence-corrected chi connectivity index (χ1v) is 8.76. The average Bonchev–Trinajstić information content (AvgIpc) is 2.86. The molecule has 1 heterocycles. The van der Waals surface area contributed by atoms with Gasteiger partial charge in [-0.3, -0.25) is 10.1 Å². The molecule has 0 aliphatic heterocycles. The number of carbonyl (C=O) groups excluding carboxylic acids is 1. The van der Waals surface area contributed by atoms with Crippen LogP contribution < -0.4 is 11.1 Å². The predicted molar refractivity (Wildman–Crippen MR) is 89.3 cm³/mol. The Hall–Kier alpha value is -0.720. The van der Waals surface area contributed by atoms with Gasteiger partial charge >= 0.3 is 0 Å². The normalized spacial score (nSPS) is 36.7. The van der Waals surface area contributed by atoms with Crippen LogP contribution in [0.15, 0.2) is 0 Å². The Morgan fingerprint density at radius 1 is 1.23 bits per heavy atom. The number of carbonyl (C=O) groups is 1. The van der Waals surface area contributed by atoms with Crippen LogP contribution in [-0.2, 0) is 10.2 Å². The molecule has 4 aliphatic carbocycles. The number of amides is 1. The molecule has 5 nitrogen and oxygen atoms in total. The van der Waals surface area contributed by atoms with E-state index in [4.69, 9.17) is 5.73 Å². The van der Waals surface area contributed by atoms with Gasteiger partial charge in [-0.15, -0.1) is 22.6 Å². The maximum atomic E-state index is 11.7. The van der Waals surface area contributed by atoms with Gasteiger partial charge in [-0.05, 0) is 63.2 Å². The van der Waals surface area contributed by atoms with Crippen molar-refractivity contribution in [1.82, 2.24) is 10.2 Å². The lowest BCUT2D eigenvalue weighted by molar-refractivity contribution is -0.117. The summed E-state index contributed by atoms with van der Waals surface area (Å²) in [6.45, 7) is 1.68. The van der Waals surface area contributed by atoms with Crippen molar-refractivity contribution in [2.24, 2.45) is 23.5 Å². The van der Waals surface area contributed by atoms with E-state index in [1.165, 1.54) is 38.5 Å². The molecule has 0 spiro atoms. The number of hydrogen-bond donors (Lipinski definition) is 2. The number of nitrogens with two attached hydrogens (primary N) is 1. The summed E-state index contributed by atoms with van der Waals surface area (Å²) >= 11 is 1.56. The molecule has 0 aromatic carbocycles. The molecule has 4 bridgehead atoms. The second-order valence-corrected chi connectivity index (χ2v) is 8.37. The average molecular weight is 343 g/mol. The van der Waals surface area contributed by atoms with Gasteiger partial charge in [-0.1, -0.05) is 11.3 Å². The van der Waals surface area contributed by atoms with Gasteiger partial charge in [-0.2, -0.15) is 0 Å². The lowest BCUT2D eigenvalue weighted by atomic mass is 9.50. The zero-order valence-corrected chi connectivity index (χ0v) is 14.4. The Morgan fingerprint density at radius 3 is 2.27 bits per heavy atom. The Bertz CT molecular complexity index is 538. The van der Waals surface area contributed by atoms with E-state index in [0.717, 1.165) is 22.8 Å². The monoisotopic (exact) mass is 342 g/mol. The molecule has 7 heteroatoms. The SMILES string of the molecule is CC(N)C(=O)Nc1nnc(C23CC4CC(CC(C4)C2)C3)s1.Cl. The van der Waals surface area contributed by atoms with Crippen molar-refractivity contribution in [3.63, 3.8) is 0 Å². The summed E-state index contributed by atoms with van der Waals surface area (Å²) in [6, 6.07) is -0.517. The highest BCUT2D eigenvalue weighted by Crippen LogP contribution is 2.61. The Morgan fingerprint density at radius 2 is 1.77 bits per heavy atom. The summed E-state index contributed by atoms with van der Waals surface area (Å²) in [5.74, 6) is 2.48. The predicted octanol–water partition coefficient (Wildman–Crippen LogP) is 2.71. The summed E-state index contributed by atoms with van der Waals surface area (Å²) in [4.78, 5) is 11.7. The van der Waals surface area contributed by atoms with Gasteiger partial charge in [0.05, 0.1) is 6.04 Å². The number of hydrogen-bond acceptors (Lipinski definition) is 5. The maximum Gasteiger partial charge on any atom is 0.242 e. The highest BCUT2D eigenvalue weighted by atomic mass is 35.5. The zero-order valence-electron chi connectivity index (χ0n) is 12.7. The van der Waals surface area contributed by atoms with Crippen LogP contribution in [0.4, 0.5) is 5.13 Å². The first kappa shape index (κ1) is 16.1. The topological polar surface area (TPSA) is 80.9 Å². The van der Waals surface area contributed by atoms with E-state index in [1.54, 1.807) is 18.3 Å². The van der Waals surface area contributed by atoms with Gasteiger partial charge in [0.15, 0.2) is 0 Å². The quantitative estimate of drug-likeness (QED) is 0.885. The van der Waals surface area contributed by atoms with E-state index in [-0.39, 0.29) is 23.7 Å². The molecule has 4 fully saturated rings. The molecule has 1 unspecified atom stereocenters. The molecule has 0 saturated heterocycles. The highest BCUT2D eigenvalue weighted by molar-refractivity contribution is 7.15. The number of nitrogens with zero attached hydrogens (tertiary/aromatic N) is 2. The standard InChI is InChI=1S/C15H22N4OS.ClH/c1-8(16)12(20)17-14-19-18-13(21-14)15-5-9-2-10(6-15)4-11(3-9)7-15;/h8-11H,2-7,16H2,1H3,(H,17,19,20);1H. The van der Waals surface area contributed by atoms with Gasteiger partial charge < -0.3 is 5.73 Å². The Labute approximate surface area is 140 Å². The molecule has 4 aliphatic rings. The molecular formula is C15H23ClN4OS. The summed E-state index contributed by atoms with van der Waals surface area (Å²) in [5.41, 5.74) is 5.83. The molecule has 22 heavy (non-hydrogen) atoms. The fourth-order valence-electron chi connectivity index (χ4n) is 5.08. The molecule has 4 saturated carbocycles. The van der Waals surface area contributed by atoms with E-state index in [0.29, 0.717) is 5.13 Å². The van der Waals surface area contributed by atoms with Crippen LogP contribution >= 0.6 is 23.7 Å². The lowest BCUT2D eigenvalue weighted by Crippen LogP contribution is -2.48. The fraction of sp³-hybridized carbons (Fsp3) is 0.800. The van der Waals surface area contributed by atoms with Crippen LogP contribution in [0.1, 0.15) is 50.5 Å². The van der Waals surface area contributed by atoms with Crippen molar-refractivity contribution >= 4 is 34.8 Å². The fourth-order valence-corrected chi connectivity index (χ4v) is 6.04. The van der Waals surface area contributed by atoms with Crippen LogP contribution in [0, 0.1) is 17.8 Å². The Kier molecular flexibility index (Phi) is 4.20. The highest BCUT2D eigenvalue weighted by Gasteiger charge is 2.53. The van der Waals surface area contributed by atoms with Crippen LogP contribution in [-0.4, -0.2) is 22.1 Å². The summed E-state index contributed by atoms with van der Waals surface area (Å²) < 4.78 is 0. The molecule has 122 valence electrons. The minimum Gasteiger partial charge on any atom is -0.320 e. The molecular weight excluding hydrogens is 320 g/mol. The minimum atomic E-state index is -0.517. The van der Waals surface area contributed by atoms with Crippen LogP contribution in [0.25, 0.3) is 0 Å². The first-order valence-electron chi connectivity index (χ1n) is 7.94. The van der Waals surface area contributed by atoms with Gasteiger partial charge in [0, 0.05) is 5.41 Å². The molecule has 1 atom stereocenters. The molecule has 5 rings (SSSR count). The second kappa shape index (κ2) is 5.73. The van der Waals surface area contributed by atoms with E-state index in [9.17, 15) is 4.79 Å². The van der Waals surface area contributed by atoms with Crippen LogP contribution in [0.3, 0.4) is 0 Å². The van der Waals surface area contributed by atoms with Crippen molar-refractivity contribution in [3.05, 3.63) is 5.01 Å². The van der Waals surface area contributed by atoms with Crippen LogP contribution in [0.2, 0.25) is 0 Å². The van der Waals surface area contributed by atoms with Crippen molar-refractivity contribution in [3.8, 4) is 0 Å². The van der Waals surface area contributed by atoms with Gasteiger partial charge in [-0.25, -0.2) is 0 Å². The van der Waals surface area contributed by atoms with E-state index >= 15 is 0 Å². The summed E-state index contributed by atoms with van der Waals surface area (Å²) in [5, 5.41) is 13.1. The third-order valence-corrected chi connectivity index (χ3v) is 6.65. The molecule has 1 aromatic heterocycles. The van der Waals surface area contributed by atoms with Gasteiger partial charge in [0.25, 0.3) is 0 Å². The number of rotatable bonds is 3. The third kappa shape index (κ3) is 2.65. The van der Waals surface area contributed by atoms with Crippen molar-refractivity contribution in [2.75, 3.05) is 5.32 Å². The lowest BCUT2D eigenvalue weighted by Gasteiger charge is -2.55. The number of anilines is 1. The second-order valence-electron chi connectivity index (χ2n) is 7.39. The van der Waals surface area contributed by atoms with Crippen molar-refractivity contribution < 1.29 is 4.79 Å². The number of halogens is 1. The van der Waals surface area contributed by atoms with Crippen LogP contribution in [0.5, 0.6) is 0 Å². The summed E-state index contributed by atoms with van der Waals surface area (Å²) in [7, 11) is 0. The van der Waals surface area contributed by atoms with E-state index < -0.39 is 6.04 Å².